The van der Waals surface area contributed by atoms with Crippen molar-refractivity contribution in [1.82, 2.24) is 4.72 Å². The van der Waals surface area contributed by atoms with Crippen LogP contribution in [0.5, 0.6) is 0 Å². The SMILES string of the molecule is CC(NS(=O)(=O)c1ccccc1S(C)(=O)=O)c1cccs1. The van der Waals surface area contributed by atoms with Crippen LogP contribution in [0.2, 0.25) is 0 Å². The molecule has 1 aromatic heterocycles. The summed E-state index contributed by atoms with van der Waals surface area (Å²) in [4.78, 5) is 0.433. The minimum atomic E-state index is -3.92. The van der Waals surface area contributed by atoms with Crippen LogP contribution in [0.4, 0.5) is 0 Å². The maximum Gasteiger partial charge on any atom is 0.242 e. The zero-order chi connectivity index (χ0) is 15.7. The molecule has 1 heterocycles. The minimum absolute atomic E-state index is 0.198. The van der Waals surface area contributed by atoms with E-state index in [4.69, 9.17) is 0 Å². The summed E-state index contributed by atoms with van der Waals surface area (Å²) in [5, 5.41) is 1.85. The van der Waals surface area contributed by atoms with Gasteiger partial charge < -0.3 is 0 Å². The molecule has 0 bridgehead atoms. The van der Waals surface area contributed by atoms with E-state index in [-0.39, 0.29) is 9.79 Å². The van der Waals surface area contributed by atoms with Crippen molar-refractivity contribution in [2.45, 2.75) is 22.8 Å². The van der Waals surface area contributed by atoms with Gasteiger partial charge in [-0.25, -0.2) is 21.6 Å². The second-order valence-corrected chi connectivity index (χ2v) is 9.22. The molecule has 0 spiro atoms. The number of sulfone groups is 1. The predicted molar refractivity (Wildman–Crippen MR) is 82.6 cm³/mol. The lowest BCUT2D eigenvalue weighted by Crippen LogP contribution is -2.27. The highest BCUT2D eigenvalue weighted by atomic mass is 32.2. The van der Waals surface area contributed by atoms with Crippen LogP contribution >= 0.6 is 11.3 Å². The molecular formula is C13H15NO4S3. The van der Waals surface area contributed by atoms with E-state index in [1.165, 1.54) is 35.6 Å². The third-order valence-electron chi connectivity index (χ3n) is 2.84. The molecule has 0 aliphatic rings. The first-order valence-electron chi connectivity index (χ1n) is 6.06. The van der Waals surface area contributed by atoms with Gasteiger partial charge in [-0.3, -0.25) is 0 Å². The van der Waals surface area contributed by atoms with Crippen molar-refractivity contribution in [3.63, 3.8) is 0 Å². The Morgan fingerprint density at radius 3 is 2.14 bits per heavy atom. The van der Waals surface area contributed by atoms with E-state index in [1.54, 1.807) is 6.92 Å². The second-order valence-electron chi connectivity index (χ2n) is 4.58. The monoisotopic (exact) mass is 345 g/mol. The normalized spacial score (nSPS) is 14.0. The van der Waals surface area contributed by atoms with E-state index < -0.39 is 25.9 Å². The zero-order valence-corrected chi connectivity index (χ0v) is 13.9. The Labute approximate surface area is 128 Å². The topological polar surface area (TPSA) is 80.3 Å². The van der Waals surface area contributed by atoms with E-state index in [1.807, 2.05) is 17.5 Å². The highest BCUT2D eigenvalue weighted by Gasteiger charge is 2.25. The molecule has 0 amide bonds. The van der Waals surface area contributed by atoms with Crippen molar-refractivity contribution >= 4 is 31.2 Å². The Balaban J connectivity index is 2.42. The highest BCUT2D eigenvalue weighted by molar-refractivity contribution is 7.93. The first kappa shape index (κ1) is 16.2. The lowest BCUT2D eigenvalue weighted by atomic mass is 10.3. The summed E-state index contributed by atoms with van der Waals surface area (Å²) in [6, 6.07) is 8.80. The largest absolute Gasteiger partial charge is 0.242 e. The average molecular weight is 345 g/mol. The van der Waals surface area contributed by atoms with E-state index in [0.717, 1.165) is 11.1 Å². The van der Waals surface area contributed by atoms with Crippen molar-refractivity contribution in [2.75, 3.05) is 6.26 Å². The zero-order valence-electron chi connectivity index (χ0n) is 11.5. The Bertz CT molecular complexity index is 824. The molecule has 21 heavy (non-hydrogen) atoms. The molecule has 2 aromatic rings. The number of hydrogen-bond acceptors (Lipinski definition) is 5. The lowest BCUT2D eigenvalue weighted by Gasteiger charge is -2.14. The highest BCUT2D eigenvalue weighted by Crippen LogP contribution is 2.24. The maximum atomic E-state index is 12.4. The van der Waals surface area contributed by atoms with Gasteiger partial charge in [0.25, 0.3) is 0 Å². The summed E-state index contributed by atoms with van der Waals surface area (Å²) in [5.74, 6) is 0. The molecule has 0 fully saturated rings. The fourth-order valence-electron chi connectivity index (χ4n) is 1.87. The van der Waals surface area contributed by atoms with Crippen molar-refractivity contribution < 1.29 is 16.8 Å². The molecule has 0 saturated carbocycles. The fourth-order valence-corrected chi connectivity index (χ4v) is 5.53. The molecule has 0 aliphatic heterocycles. The van der Waals surface area contributed by atoms with Crippen molar-refractivity contribution in [2.24, 2.45) is 0 Å². The average Bonchev–Trinajstić information content (AvgIpc) is 2.91. The van der Waals surface area contributed by atoms with Crippen molar-refractivity contribution in [3.8, 4) is 0 Å². The van der Waals surface area contributed by atoms with Gasteiger partial charge in [-0.1, -0.05) is 18.2 Å². The van der Waals surface area contributed by atoms with Crippen LogP contribution in [0.3, 0.4) is 0 Å². The van der Waals surface area contributed by atoms with Gasteiger partial charge in [0.1, 0.15) is 4.90 Å². The Morgan fingerprint density at radius 2 is 1.62 bits per heavy atom. The quantitative estimate of drug-likeness (QED) is 0.901. The number of nitrogens with one attached hydrogen (secondary N) is 1. The smallest absolute Gasteiger partial charge is 0.224 e. The third-order valence-corrected chi connectivity index (χ3v) is 6.78. The molecule has 8 heteroatoms. The molecule has 1 atom stereocenters. The summed E-state index contributed by atoms with van der Waals surface area (Å²) in [5.41, 5.74) is 0. The molecule has 0 aliphatic carbocycles. The van der Waals surface area contributed by atoms with E-state index in [0.29, 0.717) is 0 Å². The van der Waals surface area contributed by atoms with Gasteiger partial charge in [-0.15, -0.1) is 11.3 Å². The van der Waals surface area contributed by atoms with E-state index >= 15 is 0 Å². The second kappa shape index (κ2) is 5.88. The van der Waals surface area contributed by atoms with Crippen molar-refractivity contribution in [1.29, 1.82) is 0 Å². The third kappa shape index (κ3) is 3.70. The Morgan fingerprint density at radius 1 is 1.00 bits per heavy atom. The summed E-state index contributed by atoms with van der Waals surface area (Å²) in [6.07, 6.45) is 0.990. The van der Waals surface area contributed by atoms with Crippen molar-refractivity contribution in [3.05, 3.63) is 46.7 Å². The van der Waals surface area contributed by atoms with Crippen LogP contribution in [0, 0.1) is 0 Å². The predicted octanol–water partition coefficient (Wildman–Crippen LogP) is 2.19. The van der Waals surface area contributed by atoms with Gasteiger partial charge in [0.2, 0.25) is 10.0 Å². The maximum absolute atomic E-state index is 12.4. The Kier molecular flexibility index (Phi) is 4.52. The summed E-state index contributed by atoms with van der Waals surface area (Å²) < 4.78 is 50.8. The molecule has 0 saturated heterocycles. The van der Waals surface area contributed by atoms with Gasteiger partial charge in [0.05, 0.1) is 10.9 Å². The first-order valence-corrected chi connectivity index (χ1v) is 10.3. The molecule has 0 radical (unpaired) electrons. The van der Waals surface area contributed by atoms with Gasteiger partial charge in [0, 0.05) is 11.1 Å². The first-order chi connectivity index (χ1) is 9.72. The lowest BCUT2D eigenvalue weighted by molar-refractivity contribution is 0.563. The van der Waals surface area contributed by atoms with Crippen LogP contribution < -0.4 is 4.72 Å². The van der Waals surface area contributed by atoms with E-state index in [2.05, 4.69) is 4.72 Å². The molecule has 1 unspecified atom stereocenters. The van der Waals surface area contributed by atoms with E-state index in [9.17, 15) is 16.8 Å². The van der Waals surface area contributed by atoms with Crippen LogP contribution in [0.25, 0.3) is 0 Å². The summed E-state index contributed by atoms with van der Waals surface area (Å²) >= 11 is 1.43. The molecular weight excluding hydrogens is 330 g/mol. The molecule has 5 nitrogen and oxygen atoms in total. The molecule has 1 aromatic carbocycles. The van der Waals surface area contributed by atoms with Crippen LogP contribution in [-0.2, 0) is 19.9 Å². The van der Waals surface area contributed by atoms with Gasteiger partial charge >= 0.3 is 0 Å². The number of thiophene rings is 1. The molecule has 2 rings (SSSR count). The summed E-state index contributed by atoms with van der Waals surface area (Å²) in [7, 11) is -7.54. The van der Waals surface area contributed by atoms with Gasteiger partial charge in [-0.05, 0) is 30.5 Å². The minimum Gasteiger partial charge on any atom is -0.224 e. The Hall–Kier alpha value is -1.22. The molecule has 1 N–H and O–H groups in total. The number of benzene rings is 1. The number of sulfonamides is 1. The van der Waals surface area contributed by atoms with Gasteiger partial charge in [0.15, 0.2) is 9.84 Å². The van der Waals surface area contributed by atoms with Crippen LogP contribution in [0.1, 0.15) is 17.8 Å². The fraction of sp³-hybridized carbons (Fsp3) is 0.231. The number of hydrogen-bond donors (Lipinski definition) is 1. The summed E-state index contributed by atoms with van der Waals surface area (Å²) in [6.45, 7) is 1.71. The van der Waals surface area contributed by atoms with Gasteiger partial charge in [-0.2, -0.15) is 0 Å². The standard InChI is InChI=1S/C13H15NO4S3/c1-10(11-6-5-9-19-11)14-21(17,18)13-8-4-3-7-12(13)20(2,15)16/h3-10,14H,1-2H3. The van der Waals surface area contributed by atoms with Crippen LogP contribution in [-0.4, -0.2) is 23.1 Å². The van der Waals surface area contributed by atoms with Crippen LogP contribution in [0.15, 0.2) is 51.6 Å². The molecule has 114 valence electrons. The number of rotatable bonds is 5.